The van der Waals surface area contributed by atoms with Crippen LogP contribution in [0.4, 0.5) is 13.2 Å². The third kappa shape index (κ3) is 3.64. The van der Waals surface area contributed by atoms with Crippen molar-refractivity contribution >= 4 is 5.91 Å². The molecular formula is C16H19F3N2O3. The van der Waals surface area contributed by atoms with E-state index in [0.717, 1.165) is 6.42 Å². The molecule has 2 saturated heterocycles. The first-order chi connectivity index (χ1) is 11.3. The first kappa shape index (κ1) is 17.0. The van der Waals surface area contributed by atoms with Crippen molar-refractivity contribution in [2.45, 2.75) is 37.3 Å². The van der Waals surface area contributed by atoms with Crippen LogP contribution in [0.15, 0.2) is 24.3 Å². The molecule has 24 heavy (non-hydrogen) atoms. The number of piperidine rings is 1. The van der Waals surface area contributed by atoms with Gasteiger partial charge in [0.2, 0.25) is 5.91 Å². The van der Waals surface area contributed by atoms with Gasteiger partial charge in [0.1, 0.15) is 5.75 Å². The van der Waals surface area contributed by atoms with E-state index in [0.29, 0.717) is 38.0 Å². The molecule has 0 bridgehead atoms. The maximum Gasteiger partial charge on any atom is 0.573 e. The number of carbonyl (C=O) groups excluding carboxylic acids is 1. The number of amides is 1. The summed E-state index contributed by atoms with van der Waals surface area (Å²) in [7, 11) is 0. The Balaban J connectivity index is 1.69. The minimum atomic E-state index is -4.76. The number of ether oxygens (including phenoxy) is 1. The highest BCUT2D eigenvalue weighted by molar-refractivity contribution is 5.83. The third-order valence-corrected chi connectivity index (χ3v) is 4.69. The predicted molar refractivity (Wildman–Crippen MR) is 79.2 cm³/mol. The minimum Gasteiger partial charge on any atom is -0.406 e. The van der Waals surface area contributed by atoms with Crippen molar-refractivity contribution < 1.29 is 27.8 Å². The Morgan fingerprint density at radius 2 is 2.00 bits per heavy atom. The van der Waals surface area contributed by atoms with E-state index in [1.807, 2.05) is 4.90 Å². The smallest absolute Gasteiger partial charge is 0.406 e. The number of aliphatic hydroxyl groups is 1. The van der Waals surface area contributed by atoms with Gasteiger partial charge < -0.3 is 15.2 Å². The van der Waals surface area contributed by atoms with Crippen molar-refractivity contribution in [3.05, 3.63) is 29.8 Å². The van der Waals surface area contributed by atoms with Gasteiger partial charge in [-0.2, -0.15) is 0 Å². The van der Waals surface area contributed by atoms with E-state index >= 15 is 0 Å². The molecule has 0 aliphatic carbocycles. The molecule has 3 rings (SSSR count). The van der Waals surface area contributed by atoms with Gasteiger partial charge >= 0.3 is 6.36 Å². The first-order valence-corrected chi connectivity index (χ1v) is 7.87. The summed E-state index contributed by atoms with van der Waals surface area (Å²) in [6, 6.07) is 5.30. The quantitative estimate of drug-likeness (QED) is 0.877. The maximum atomic E-state index is 12.3. The summed E-state index contributed by atoms with van der Waals surface area (Å²) in [5.41, 5.74) is -0.809. The molecule has 2 heterocycles. The number of hydrogen-bond acceptors (Lipinski definition) is 4. The summed E-state index contributed by atoms with van der Waals surface area (Å²) >= 11 is 0. The number of likely N-dealkylation sites (tertiary alicyclic amines) is 1. The molecule has 2 aliphatic heterocycles. The maximum absolute atomic E-state index is 12.3. The largest absolute Gasteiger partial charge is 0.573 e. The summed E-state index contributed by atoms with van der Waals surface area (Å²) in [5, 5.41) is 13.6. The van der Waals surface area contributed by atoms with Crippen molar-refractivity contribution in [1.29, 1.82) is 0 Å². The van der Waals surface area contributed by atoms with Gasteiger partial charge in [-0.3, -0.25) is 9.69 Å². The van der Waals surface area contributed by atoms with Crippen LogP contribution < -0.4 is 10.1 Å². The van der Waals surface area contributed by atoms with Crippen LogP contribution in [-0.4, -0.2) is 48.0 Å². The zero-order chi connectivity index (χ0) is 17.4. The fourth-order valence-electron chi connectivity index (χ4n) is 3.41. The molecule has 1 aromatic carbocycles. The van der Waals surface area contributed by atoms with Gasteiger partial charge in [-0.05, 0) is 37.0 Å². The van der Waals surface area contributed by atoms with Crippen LogP contribution in [0.3, 0.4) is 0 Å². The fourth-order valence-corrected chi connectivity index (χ4v) is 3.41. The molecule has 0 saturated carbocycles. The van der Waals surface area contributed by atoms with Crippen LogP contribution in [-0.2, 0) is 10.4 Å². The number of rotatable bonds is 3. The monoisotopic (exact) mass is 344 g/mol. The van der Waals surface area contributed by atoms with Crippen LogP contribution in [0.2, 0.25) is 0 Å². The van der Waals surface area contributed by atoms with Gasteiger partial charge in [0.25, 0.3) is 0 Å². The summed E-state index contributed by atoms with van der Waals surface area (Å²) in [4.78, 5) is 13.8. The van der Waals surface area contributed by atoms with Crippen molar-refractivity contribution in [2.24, 2.45) is 0 Å². The van der Waals surface area contributed by atoms with Crippen molar-refractivity contribution in [1.82, 2.24) is 10.2 Å². The Bertz CT molecular complexity index is 613. The van der Waals surface area contributed by atoms with Crippen LogP contribution in [0, 0.1) is 0 Å². The molecule has 2 fully saturated rings. The molecular weight excluding hydrogens is 325 g/mol. The molecule has 1 atom stereocenters. The number of nitrogens with zero attached hydrogens (tertiary/aromatic N) is 1. The molecule has 5 nitrogen and oxygen atoms in total. The third-order valence-electron chi connectivity index (χ3n) is 4.69. The number of alkyl halides is 3. The Morgan fingerprint density at radius 3 is 2.58 bits per heavy atom. The highest BCUT2D eigenvalue weighted by Crippen LogP contribution is 2.36. The Kier molecular flexibility index (Phi) is 4.44. The van der Waals surface area contributed by atoms with Crippen molar-refractivity contribution in [3.8, 4) is 5.75 Å². The number of nitrogens with one attached hydrogen (secondary N) is 1. The lowest BCUT2D eigenvalue weighted by atomic mass is 9.84. The van der Waals surface area contributed by atoms with E-state index in [2.05, 4.69) is 10.1 Å². The number of benzene rings is 1. The summed E-state index contributed by atoms with van der Waals surface area (Å²) in [5.74, 6) is -0.341. The van der Waals surface area contributed by atoms with Gasteiger partial charge in [0.15, 0.2) is 0 Å². The first-order valence-electron chi connectivity index (χ1n) is 7.87. The van der Waals surface area contributed by atoms with E-state index in [4.69, 9.17) is 0 Å². The molecule has 2 aliphatic rings. The van der Waals surface area contributed by atoms with Gasteiger partial charge in [-0.15, -0.1) is 13.2 Å². The van der Waals surface area contributed by atoms with Crippen molar-refractivity contribution in [3.63, 3.8) is 0 Å². The van der Waals surface area contributed by atoms with Crippen LogP contribution in [0.1, 0.15) is 24.8 Å². The van der Waals surface area contributed by atoms with Crippen LogP contribution >= 0.6 is 0 Å². The minimum absolute atomic E-state index is 0.000939. The molecule has 0 unspecified atom stereocenters. The fraction of sp³-hybridized carbons (Fsp3) is 0.562. The SMILES string of the molecule is O=C1NCC[C@H]1N1CCC(O)(c2cccc(OC(F)(F)F)c2)CC1. The molecule has 132 valence electrons. The lowest BCUT2D eigenvalue weighted by molar-refractivity contribution is -0.274. The van der Waals surface area contributed by atoms with E-state index in [1.54, 1.807) is 6.07 Å². The zero-order valence-corrected chi connectivity index (χ0v) is 13.0. The Hall–Kier alpha value is -1.80. The summed E-state index contributed by atoms with van der Waals surface area (Å²) in [6.07, 6.45) is -3.31. The molecule has 0 spiro atoms. The van der Waals surface area contributed by atoms with E-state index in [9.17, 15) is 23.1 Å². The summed E-state index contributed by atoms with van der Waals surface area (Å²) in [6.45, 7) is 1.68. The molecule has 8 heteroatoms. The molecule has 2 N–H and O–H groups in total. The lowest BCUT2D eigenvalue weighted by Gasteiger charge is -2.40. The normalized spacial score (nSPS) is 24.7. The van der Waals surface area contributed by atoms with E-state index in [-0.39, 0.29) is 17.7 Å². The average Bonchev–Trinajstić information content (AvgIpc) is 2.93. The van der Waals surface area contributed by atoms with Crippen molar-refractivity contribution in [2.75, 3.05) is 19.6 Å². The molecule has 1 aromatic rings. The predicted octanol–water partition coefficient (Wildman–Crippen LogP) is 1.76. The molecule has 0 radical (unpaired) electrons. The molecule has 0 aromatic heterocycles. The van der Waals surface area contributed by atoms with Gasteiger partial charge in [-0.25, -0.2) is 0 Å². The standard InChI is InChI=1S/C16H19F3N2O3/c17-16(18,19)24-12-3-1-2-11(10-12)15(23)5-8-21(9-6-15)13-4-7-20-14(13)22/h1-3,10,13,23H,4-9H2,(H,20,22)/t13-/m1/s1. The van der Waals surface area contributed by atoms with Gasteiger partial charge in [-0.1, -0.05) is 12.1 Å². The summed E-state index contributed by atoms with van der Waals surface area (Å²) < 4.78 is 40.9. The highest BCUT2D eigenvalue weighted by Gasteiger charge is 2.39. The Morgan fingerprint density at radius 1 is 1.29 bits per heavy atom. The number of hydrogen-bond donors (Lipinski definition) is 2. The van der Waals surface area contributed by atoms with E-state index in [1.165, 1.54) is 18.2 Å². The molecule has 1 amide bonds. The van der Waals surface area contributed by atoms with E-state index < -0.39 is 12.0 Å². The highest BCUT2D eigenvalue weighted by atomic mass is 19.4. The number of halogens is 3. The average molecular weight is 344 g/mol. The second-order valence-electron chi connectivity index (χ2n) is 6.24. The second-order valence-corrected chi connectivity index (χ2v) is 6.24. The van der Waals surface area contributed by atoms with Crippen LogP contribution in [0.25, 0.3) is 0 Å². The Labute approximate surface area is 137 Å². The number of carbonyl (C=O) groups is 1. The lowest BCUT2D eigenvalue weighted by Crippen LogP contribution is -2.49. The van der Waals surface area contributed by atoms with Crippen LogP contribution in [0.5, 0.6) is 5.75 Å². The van der Waals surface area contributed by atoms with Gasteiger partial charge in [0.05, 0.1) is 11.6 Å². The zero-order valence-electron chi connectivity index (χ0n) is 13.0. The van der Waals surface area contributed by atoms with Gasteiger partial charge in [0, 0.05) is 19.6 Å². The second kappa shape index (κ2) is 6.25. The topological polar surface area (TPSA) is 61.8 Å².